The van der Waals surface area contributed by atoms with Crippen LogP contribution in [0.2, 0.25) is 0 Å². The highest BCUT2D eigenvalue weighted by Crippen LogP contribution is 2.15. The van der Waals surface area contributed by atoms with E-state index in [1.165, 1.54) is 23.7 Å². The number of furan rings is 1. The fraction of sp³-hybridized carbons (Fsp3) is 0.154. The van der Waals surface area contributed by atoms with E-state index in [-0.39, 0.29) is 12.1 Å². The van der Waals surface area contributed by atoms with E-state index in [0.717, 1.165) is 9.69 Å². The Morgan fingerprint density at radius 3 is 2.91 bits per heavy atom. The number of carbonyl (C=O) groups is 1. The van der Waals surface area contributed by atoms with E-state index in [4.69, 9.17) is 4.42 Å². The largest absolute Gasteiger partial charge is 0.463 e. The van der Waals surface area contributed by atoms with E-state index in [1.54, 1.807) is 25.1 Å². The molecule has 0 aliphatic rings. The van der Waals surface area contributed by atoms with E-state index < -0.39 is 5.91 Å². The van der Waals surface area contributed by atoms with Crippen molar-refractivity contribution in [1.29, 1.82) is 0 Å². The number of amides is 1. The molecule has 1 amide bonds. The summed E-state index contributed by atoms with van der Waals surface area (Å²) in [6.45, 7) is 1.57. The second-order valence-corrected chi connectivity index (χ2v) is 5.55. The van der Waals surface area contributed by atoms with Crippen LogP contribution in [0.5, 0.6) is 0 Å². The Balaban J connectivity index is 1.78. The van der Waals surface area contributed by atoms with Crippen LogP contribution in [0.3, 0.4) is 0 Å². The van der Waals surface area contributed by atoms with Gasteiger partial charge in [0.25, 0.3) is 5.56 Å². The Labute approximate surface area is 128 Å². The van der Waals surface area contributed by atoms with Crippen LogP contribution in [-0.4, -0.2) is 25.9 Å². The van der Waals surface area contributed by atoms with Crippen molar-refractivity contribution >= 4 is 22.4 Å². The number of carbonyl (C=O) groups excluding carboxylic acids is 1. The minimum absolute atomic E-state index is 0.216. The van der Waals surface area contributed by atoms with Gasteiger partial charge in [0.2, 0.25) is 11.0 Å². The summed E-state index contributed by atoms with van der Waals surface area (Å²) < 4.78 is 6.29. The lowest BCUT2D eigenvalue weighted by atomic mass is 10.3. The summed E-state index contributed by atoms with van der Waals surface area (Å²) in [5.74, 6) is 0.122. The molecule has 3 heterocycles. The third kappa shape index (κ3) is 3.09. The summed E-state index contributed by atoms with van der Waals surface area (Å²) >= 11 is 1.26. The minimum Gasteiger partial charge on any atom is -0.463 e. The molecule has 3 rings (SSSR count). The van der Waals surface area contributed by atoms with E-state index in [1.807, 2.05) is 0 Å². The lowest BCUT2D eigenvalue weighted by molar-refractivity contribution is -0.117. The summed E-state index contributed by atoms with van der Waals surface area (Å²) in [7, 11) is 0. The van der Waals surface area contributed by atoms with Gasteiger partial charge in [0, 0.05) is 6.07 Å². The molecule has 0 unspecified atom stereocenters. The number of nitrogens with one attached hydrogen (secondary N) is 1. The van der Waals surface area contributed by atoms with E-state index in [9.17, 15) is 9.59 Å². The highest BCUT2D eigenvalue weighted by atomic mass is 32.1. The van der Waals surface area contributed by atoms with Crippen molar-refractivity contribution in [1.82, 2.24) is 20.0 Å². The number of hydrogen-bond acceptors (Lipinski definition) is 7. The summed E-state index contributed by atoms with van der Waals surface area (Å²) in [4.78, 5) is 23.7. The van der Waals surface area contributed by atoms with Crippen LogP contribution >= 0.6 is 11.3 Å². The highest BCUT2D eigenvalue weighted by molar-refractivity contribution is 7.15. The summed E-state index contributed by atoms with van der Waals surface area (Å²) in [6, 6.07) is 6.33. The standard InChI is InChI=1S/C13H11N5O3S/c1-8-15-16-13(22-8)14-11(19)7-18-12(20)5-4-9(17-18)10-3-2-6-21-10/h2-6H,7H2,1H3,(H,14,16,19). The molecule has 0 aromatic carbocycles. The van der Waals surface area contributed by atoms with Crippen LogP contribution in [0.4, 0.5) is 5.13 Å². The predicted octanol–water partition coefficient (Wildman–Crippen LogP) is 1.30. The third-order valence-electron chi connectivity index (χ3n) is 2.71. The number of anilines is 1. The Bertz CT molecular complexity index is 853. The fourth-order valence-electron chi connectivity index (χ4n) is 1.76. The van der Waals surface area contributed by atoms with Gasteiger partial charge in [-0.15, -0.1) is 10.2 Å². The number of aryl methyl sites for hydroxylation is 1. The monoisotopic (exact) mass is 317 g/mol. The number of hydrogen-bond donors (Lipinski definition) is 1. The zero-order valence-corrected chi connectivity index (χ0v) is 12.3. The van der Waals surface area contributed by atoms with Gasteiger partial charge in [0.1, 0.15) is 17.2 Å². The molecule has 9 heteroatoms. The molecule has 0 bridgehead atoms. The first-order valence-electron chi connectivity index (χ1n) is 6.34. The third-order valence-corrected chi connectivity index (χ3v) is 3.46. The van der Waals surface area contributed by atoms with Gasteiger partial charge in [-0.25, -0.2) is 4.68 Å². The van der Waals surface area contributed by atoms with Crippen molar-refractivity contribution in [3.63, 3.8) is 0 Å². The van der Waals surface area contributed by atoms with Crippen molar-refractivity contribution in [3.8, 4) is 11.5 Å². The molecule has 22 heavy (non-hydrogen) atoms. The molecule has 0 aliphatic heterocycles. The van der Waals surface area contributed by atoms with Crippen LogP contribution in [0.1, 0.15) is 5.01 Å². The number of nitrogens with zero attached hydrogens (tertiary/aromatic N) is 4. The quantitative estimate of drug-likeness (QED) is 0.778. The first kappa shape index (κ1) is 14.1. The summed E-state index contributed by atoms with van der Waals surface area (Å²) in [6.07, 6.45) is 1.51. The Kier molecular flexibility index (Phi) is 3.79. The molecular formula is C13H11N5O3S. The van der Waals surface area contributed by atoms with E-state index in [0.29, 0.717) is 16.6 Å². The van der Waals surface area contributed by atoms with Gasteiger partial charge in [-0.3, -0.25) is 14.9 Å². The van der Waals surface area contributed by atoms with Crippen LogP contribution in [0, 0.1) is 6.92 Å². The van der Waals surface area contributed by atoms with Crippen LogP contribution < -0.4 is 10.9 Å². The molecule has 112 valence electrons. The van der Waals surface area contributed by atoms with Crippen molar-refractivity contribution in [2.24, 2.45) is 0 Å². The second-order valence-electron chi connectivity index (χ2n) is 4.37. The lowest BCUT2D eigenvalue weighted by Crippen LogP contribution is -2.29. The van der Waals surface area contributed by atoms with Crippen LogP contribution in [0.25, 0.3) is 11.5 Å². The van der Waals surface area contributed by atoms with E-state index >= 15 is 0 Å². The maximum Gasteiger partial charge on any atom is 0.267 e. The smallest absolute Gasteiger partial charge is 0.267 e. The molecule has 0 spiro atoms. The zero-order chi connectivity index (χ0) is 15.5. The molecule has 3 aromatic rings. The number of aromatic nitrogens is 4. The summed E-state index contributed by atoms with van der Waals surface area (Å²) in [5.41, 5.74) is 0.100. The molecule has 0 saturated heterocycles. The maximum atomic E-state index is 11.9. The van der Waals surface area contributed by atoms with Crippen molar-refractivity contribution in [2.45, 2.75) is 13.5 Å². The molecule has 0 atom stereocenters. The Hall–Kier alpha value is -2.81. The van der Waals surface area contributed by atoms with Gasteiger partial charge < -0.3 is 4.42 Å². The van der Waals surface area contributed by atoms with Gasteiger partial charge in [-0.2, -0.15) is 5.10 Å². The van der Waals surface area contributed by atoms with Crippen molar-refractivity contribution in [3.05, 3.63) is 45.9 Å². The molecular weight excluding hydrogens is 306 g/mol. The average Bonchev–Trinajstić information content (AvgIpc) is 3.13. The molecule has 0 saturated carbocycles. The van der Waals surface area contributed by atoms with E-state index in [2.05, 4.69) is 20.6 Å². The average molecular weight is 317 g/mol. The topological polar surface area (TPSA) is 103 Å². The predicted molar refractivity (Wildman–Crippen MR) is 79.5 cm³/mol. The first-order chi connectivity index (χ1) is 10.6. The van der Waals surface area contributed by atoms with Crippen LogP contribution in [0.15, 0.2) is 39.7 Å². The van der Waals surface area contributed by atoms with Gasteiger partial charge in [0.05, 0.1) is 6.26 Å². The molecule has 0 fully saturated rings. The zero-order valence-electron chi connectivity index (χ0n) is 11.5. The number of rotatable bonds is 4. The first-order valence-corrected chi connectivity index (χ1v) is 7.15. The lowest BCUT2D eigenvalue weighted by Gasteiger charge is -2.05. The second kappa shape index (κ2) is 5.90. The highest BCUT2D eigenvalue weighted by Gasteiger charge is 2.11. The Morgan fingerprint density at radius 2 is 2.23 bits per heavy atom. The maximum absolute atomic E-state index is 11.9. The summed E-state index contributed by atoms with van der Waals surface area (Å²) in [5, 5.41) is 15.4. The molecule has 0 aliphatic carbocycles. The molecule has 1 N–H and O–H groups in total. The fourth-order valence-corrected chi connectivity index (χ4v) is 2.37. The molecule has 3 aromatic heterocycles. The Morgan fingerprint density at radius 1 is 1.36 bits per heavy atom. The van der Waals surface area contributed by atoms with Gasteiger partial charge >= 0.3 is 0 Å². The normalized spacial score (nSPS) is 10.6. The van der Waals surface area contributed by atoms with Gasteiger partial charge in [-0.1, -0.05) is 11.3 Å². The minimum atomic E-state index is -0.401. The molecule has 8 nitrogen and oxygen atoms in total. The van der Waals surface area contributed by atoms with Gasteiger partial charge in [-0.05, 0) is 25.1 Å². The SMILES string of the molecule is Cc1nnc(NC(=O)Cn2nc(-c3ccco3)ccc2=O)s1. The van der Waals surface area contributed by atoms with Crippen molar-refractivity contribution in [2.75, 3.05) is 5.32 Å². The molecule has 0 radical (unpaired) electrons. The van der Waals surface area contributed by atoms with Crippen LogP contribution in [-0.2, 0) is 11.3 Å². The van der Waals surface area contributed by atoms with Gasteiger partial charge in [0.15, 0.2) is 5.76 Å². The van der Waals surface area contributed by atoms with Crippen molar-refractivity contribution < 1.29 is 9.21 Å².